The molecular weight excluding hydrogens is 491 g/mol. The third kappa shape index (κ3) is 9.10. The number of likely N-dealkylation sites (tertiary alicyclic amines) is 1. The van der Waals surface area contributed by atoms with Gasteiger partial charge in [-0.05, 0) is 56.2 Å². The van der Waals surface area contributed by atoms with Crippen LogP contribution < -0.4 is 10.6 Å². The molecule has 11 heteroatoms. The Bertz CT molecular complexity index is 1110. The summed E-state index contributed by atoms with van der Waals surface area (Å²) in [5, 5.41) is 12.8. The Morgan fingerprint density at radius 2 is 1.51 bits per heavy atom. The van der Waals surface area contributed by atoms with E-state index in [1.807, 2.05) is 19.1 Å². The molecule has 2 aromatic carbocycles. The third-order valence-electron chi connectivity index (χ3n) is 5.52. The summed E-state index contributed by atoms with van der Waals surface area (Å²) in [6.45, 7) is 7.13. The fourth-order valence-electron chi connectivity index (χ4n) is 3.45. The van der Waals surface area contributed by atoms with Gasteiger partial charge in [0.2, 0.25) is 5.91 Å². The molecule has 198 valence electrons. The van der Waals surface area contributed by atoms with Crippen molar-refractivity contribution >= 4 is 29.4 Å². The number of amides is 3. The molecule has 0 spiro atoms. The third-order valence-corrected chi connectivity index (χ3v) is 5.52. The van der Waals surface area contributed by atoms with Crippen molar-refractivity contribution in [1.82, 2.24) is 10.2 Å². The predicted octanol–water partition coefficient (Wildman–Crippen LogP) is 4.04. The number of carbonyl (C=O) groups excluding carboxylic acids is 3. The molecule has 8 nitrogen and oxygen atoms in total. The number of nitrogens with zero attached hydrogens (tertiary/aromatic N) is 1. The first-order valence-corrected chi connectivity index (χ1v) is 11.4. The van der Waals surface area contributed by atoms with E-state index in [0.717, 1.165) is 5.56 Å². The molecule has 0 unspecified atom stereocenters. The molecule has 2 aromatic rings. The summed E-state index contributed by atoms with van der Waals surface area (Å²) in [5.41, 5.74) is 2.88. The van der Waals surface area contributed by atoms with Gasteiger partial charge in [-0.2, -0.15) is 13.2 Å². The first kappa shape index (κ1) is 29.1. The number of aliphatic carboxylic acids is 1. The lowest BCUT2D eigenvalue weighted by molar-refractivity contribution is -0.192. The molecule has 1 aliphatic rings. The maximum Gasteiger partial charge on any atom is 0.490 e. The molecule has 0 radical (unpaired) electrons. The highest BCUT2D eigenvalue weighted by molar-refractivity contribution is 6.04. The van der Waals surface area contributed by atoms with E-state index in [-0.39, 0.29) is 23.6 Å². The van der Waals surface area contributed by atoms with Crippen molar-refractivity contribution in [2.24, 2.45) is 5.92 Å². The van der Waals surface area contributed by atoms with E-state index in [2.05, 4.69) is 17.2 Å². The second-order valence-electron chi connectivity index (χ2n) is 8.30. The number of hydrogen-bond acceptors (Lipinski definition) is 4. The molecule has 1 fully saturated rings. The van der Waals surface area contributed by atoms with Gasteiger partial charge in [0.25, 0.3) is 11.8 Å². The zero-order chi connectivity index (χ0) is 27.6. The number of carboxylic acid groups (broad SMARTS) is 1. The number of piperidine rings is 1. The van der Waals surface area contributed by atoms with E-state index in [9.17, 15) is 27.6 Å². The lowest BCUT2D eigenvalue weighted by Gasteiger charge is -2.31. The summed E-state index contributed by atoms with van der Waals surface area (Å²) in [5.74, 6) is -3.04. The number of hydrogen-bond donors (Lipinski definition) is 3. The van der Waals surface area contributed by atoms with Crippen molar-refractivity contribution < 1.29 is 37.5 Å². The summed E-state index contributed by atoms with van der Waals surface area (Å²) in [7, 11) is 0. The molecule has 0 aliphatic carbocycles. The van der Waals surface area contributed by atoms with Gasteiger partial charge in [-0.1, -0.05) is 23.8 Å². The second kappa shape index (κ2) is 13.2. The smallest absolute Gasteiger partial charge is 0.475 e. The molecule has 1 saturated heterocycles. The topological polar surface area (TPSA) is 116 Å². The second-order valence-corrected chi connectivity index (χ2v) is 8.30. The van der Waals surface area contributed by atoms with Crippen LogP contribution in [0.4, 0.5) is 18.9 Å². The first-order valence-electron chi connectivity index (χ1n) is 11.4. The zero-order valence-corrected chi connectivity index (χ0v) is 20.2. The number of carbonyl (C=O) groups is 4. The van der Waals surface area contributed by atoms with Gasteiger partial charge in [0.1, 0.15) is 0 Å². The molecular formula is C26H28F3N3O5. The zero-order valence-electron chi connectivity index (χ0n) is 20.2. The van der Waals surface area contributed by atoms with Crippen LogP contribution in [0.2, 0.25) is 0 Å². The van der Waals surface area contributed by atoms with Crippen molar-refractivity contribution in [1.29, 1.82) is 0 Å². The Balaban J connectivity index is 0.000000604. The van der Waals surface area contributed by atoms with Crippen LogP contribution in [0.1, 0.15) is 39.1 Å². The molecule has 0 bridgehead atoms. The van der Waals surface area contributed by atoms with Gasteiger partial charge < -0.3 is 20.6 Å². The van der Waals surface area contributed by atoms with E-state index in [4.69, 9.17) is 9.90 Å². The van der Waals surface area contributed by atoms with Crippen LogP contribution in [0.5, 0.6) is 0 Å². The molecule has 0 saturated carbocycles. The van der Waals surface area contributed by atoms with E-state index in [1.54, 1.807) is 47.4 Å². The van der Waals surface area contributed by atoms with Crippen LogP contribution >= 0.6 is 0 Å². The SMILES string of the molecule is C=CCNC(=O)C1CCN(C(=O)c2ccc(NC(=O)c3ccc(C)cc3)cc2)CC1.O=C(O)C(F)(F)F. The van der Waals surface area contributed by atoms with E-state index < -0.39 is 12.1 Å². The number of rotatable bonds is 6. The minimum absolute atomic E-state index is 0.0238. The standard InChI is InChI=1S/C24H27N3O3.C2HF3O2/c1-3-14-25-22(28)19-12-15-27(16-13-19)24(30)20-8-10-21(11-9-20)26-23(29)18-6-4-17(2)5-7-18;3-2(4,5)1(6)7/h3-11,19H,1,12-16H2,2H3,(H,25,28)(H,26,29);(H,6,7). The minimum Gasteiger partial charge on any atom is -0.475 e. The molecule has 0 atom stereocenters. The lowest BCUT2D eigenvalue weighted by Crippen LogP contribution is -2.43. The van der Waals surface area contributed by atoms with Gasteiger partial charge in [0.15, 0.2) is 0 Å². The minimum atomic E-state index is -5.08. The van der Waals surface area contributed by atoms with Crippen molar-refractivity contribution in [2.45, 2.75) is 25.9 Å². The summed E-state index contributed by atoms with van der Waals surface area (Å²) < 4.78 is 31.7. The first-order chi connectivity index (χ1) is 17.4. The number of benzene rings is 2. The number of halogens is 3. The molecule has 3 rings (SSSR count). The average molecular weight is 520 g/mol. The summed E-state index contributed by atoms with van der Waals surface area (Å²) >= 11 is 0. The molecule has 0 aromatic heterocycles. The predicted molar refractivity (Wildman–Crippen MR) is 131 cm³/mol. The number of carboxylic acids is 1. The Labute approximate surface area is 212 Å². The number of anilines is 1. The normalized spacial score (nSPS) is 13.6. The van der Waals surface area contributed by atoms with Gasteiger partial charge in [0, 0.05) is 42.4 Å². The van der Waals surface area contributed by atoms with Crippen LogP contribution in [-0.2, 0) is 9.59 Å². The van der Waals surface area contributed by atoms with Crippen molar-refractivity contribution in [3.05, 3.63) is 77.9 Å². The number of alkyl halides is 3. The summed E-state index contributed by atoms with van der Waals surface area (Å²) in [6.07, 6.45) is -2.12. The van der Waals surface area contributed by atoms with Gasteiger partial charge in [-0.15, -0.1) is 6.58 Å². The number of aryl methyl sites for hydroxylation is 1. The van der Waals surface area contributed by atoms with Crippen LogP contribution in [-0.4, -0.2) is 59.5 Å². The highest BCUT2D eigenvalue weighted by atomic mass is 19.4. The summed E-state index contributed by atoms with van der Waals surface area (Å²) in [6, 6.07) is 14.2. The largest absolute Gasteiger partial charge is 0.490 e. The molecule has 37 heavy (non-hydrogen) atoms. The van der Waals surface area contributed by atoms with E-state index in [1.165, 1.54) is 0 Å². The van der Waals surface area contributed by atoms with Crippen molar-refractivity contribution in [3.8, 4) is 0 Å². The highest BCUT2D eigenvalue weighted by Crippen LogP contribution is 2.20. The fraction of sp³-hybridized carbons (Fsp3) is 0.308. The lowest BCUT2D eigenvalue weighted by atomic mass is 9.95. The van der Waals surface area contributed by atoms with E-state index in [0.29, 0.717) is 49.3 Å². The van der Waals surface area contributed by atoms with Crippen LogP contribution in [0.3, 0.4) is 0 Å². The molecule has 3 amide bonds. The van der Waals surface area contributed by atoms with E-state index >= 15 is 0 Å². The summed E-state index contributed by atoms with van der Waals surface area (Å²) in [4.78, 5) is 47.8. The fourth-order valence-corrected chi connectivity index (χ4v) is 3.45. The van der Waals surface area contributed by atoms with Gasteiger partial charge in [-0.25, -0.2) is 4.79 Å². The monoisotopic (exact) mass is 519 g/mol. The van der Waals surface area contributed by atoms with Gasteiger partial charge in [-0.3, -0.25) is 14.4 Å². The van der Waals surface area contributed by atoms with Crippen LogP contribution in [0, 0.1) is 12.8 Å². The Morgan fingerprint density at radius 1 is 1.00 bits per heavy atom. The average Bonchev–Trinajstić information content (AvgIpc) is 2.87. The molecule has 3 N–H and O–H groups in total. The maximum absolute atomic E-state index is 12.8. The van der Waals surface area contributed by atoms with Crippen LogP contribution in [0.25, 0.3) is 0 Å². The Morgan fingerprint density at radius 3 is 2.00 bits per heavy atom. The number of nitrogens with one attached hydrogen (secondary N) is 2. The Hall–Kier alpha value is -4.15. The highest BCUT2D eigenvalue weighted by Gasteiger charge is 2.38. The van der Waals surface area contributed by atoms with Gasteiger partial charge in [0.05, 0.1) is 0 Å². The molecule has 1 heterocycles. The molecule has 1 aliphatic heterocycles. The quantitative estimate of drug-likeness (QED) is 0.499. The van der Waals surface area contributed by atoms with Crippen molar-refractivity contribution in [3.63, 3.8) is 0 Å². The van der Waals surface area contributed by atoms with Gasteiger partial charge >= 0.3 is 12.1 Å². The van der Waals surface area contributed by atoms with Crippen molar-refractivity contribution in [2.75, 3.05) is 25.0 Å². The van der Waals surface area contributed by atoms with Crippen LogP contribution in [0.15, 0.2) is 61.2 Å². The Kier molecular flexibility index (Phi) is 10.4. The maximum atomic E-state index is 12.8.